The van der Waals surface area contributed by atoms with Gasteiger partial charge in [-0.25, -0.2) is 0 Å². The summed E-state index contributed by atoms with van der Waals surface area (Å²) in [5.41, 5.74) is 0.665. The van der Waals surface area contributed by atoms with E-state index < -0.39 is 8.07 Å². The Kier molecular flexibility index (Phi) is 5.52. The van der Waals surface area contributed by atoms with E-state index in [0.717, 1.165) is 0 Å². The summed E-state index contributed by atoms with van der Waals surface area (Å²) in [7, 11) is -0.917. The second kappa shape index (κ2) is 6.20. The maximum Gasteiger partial charge on any atom is 0.0448 e. The lowest BCUT2D eigenvalue weighted by Gasteiger charge is -2.41. The van der Waals surface area contributed by atoms with Crippen LogP contribution in [0.5, 0.6) is 0 Å². The van der Waals surface area contributed by atoms with E-state index in [0.29, 0.717) is 5.41 Å². The van der Waals surface area contributed by atoms with Gasteiger partial charge in [0.2, 0.25) is 0 Å². The smallest absolute Gasteiger partial charge is 0.0448 e. The topological polar surface area (TPSA) is 12.0 Å². The minimum Gasteiger partial charge on any atom is -0.316 e. The van der Waals surface area contributed by atoms with Gasteiger partial charge in [0.05, 0.1) is 0 Å². The van der Waals surface area contributed by atoms with Gasteiger partial charge in [-0.15, -0.1) is 0 Å². The molecule has 0 aromatic heterocycles. The van der Waals surface area contributed by atoms with Crippen LogP contribution in [0.1, 0.15) is 45.4 Å². The summed E-state index contributed by atoms with van der Waals surface area (Å²) in [5, 5.41) is 3.69. The Labute approximate surface area is 103 Å². The van der Waals surface area contributed by atoms with E-state index >= 15 is 0 Å². The van der Waals surface area contributed by atoms with Gasteiger partial charge >= 0.3 is 0 Å². The third-order valence-corrected chi connectivity index (χ3v) is 5.56. The molecule has 1 rings (SSSR count). The number of nitrogens with one attached hydrogen (secondary N) is 1. The summed E-state index contributed by atoms with van der Waals surface area (Å²) in [4.78, 5) is 0. The highest BCUT2D eigenvalue weighted by atomic mass is 28.3. The predicted molar refractivity (Wildman–Crippen MR) is 76.8 cm³/mol. The van der Waals surface area contributed by atoms with Crippen LogP contribution in [0.3, 0.4) is 0 Å². The van der Waals surface area contributed by atoms with Crippen molar-refractivity contribution in [2.24, 2.45) is 5.41 Å². The monoisotopic (exact) mass is 241 g/mol. The lowest BCUT2D eigenvalue weighted by atomic mass is 9.75. The molecule has 0 aromatic rings. The highest BCUT2D eigenvalue weighted by Gasteiger charge is 2.35. The summed E-state index contributed by atoms with van der Waals surface area (Å²) < 4.78 is 0. The van der Waals surface area contributed by atoms with Crippen LogP contribution in [0, 0.1) is 5.41 Å². The van der Waals surface area contributed by atoms with E-state index in [4.69, 9.17) is 0 Å². The summed E-state index contributed by atoms with van der Waals surface area (Å²) >= 11 is 0. The summed E-state index contributed by atoms with van der Waals surface area (Å²) in [6.45, 7) is 12.3. The van der Waals surface area contributed by atoms with Crippen LogP contribution in [0.25, 0.3) is 0 Å². The fourth-order valence-corrected chi connectivity index (χ4v) is 6.10. The average Bonchev–Trinajstić information content (AvgIpc) is 2.16. The van der Waals surface area contributed by atoms with Gasteiger partial charge in [0.1, 0.15) is 0 Å². The zero-order valence-corrected chi connectivity index (χ0v) is 12.9. The Morgan fingerprint density at radius 1 is 1.06 bits per heavy atom. The summed E-state index contributed by atoms with van der Waals surface area (Å²) in [5.74, 6) is 0. The van der Waals surface area contributed by atoms with E-state index in [1.54, 1.807) is 0 Å². The Morgan fingerprint density at radius 3 is 2.19 bits per heavy atom. The fraction of sp³-hybridized carbons (Fsp3) is 1.00. The minimum absolute atomic E-state index is 0.665. The summed E-state index contributed by atoms with van der Waals surface area (Å²) in [6.07, 6.45) is 8.64. The predicted octanol–water partition coefficient (Wildman–Crippen LogP) is 4.27. The average molecular weight is 241 g/mol. The third kappa shape index (κ3) is 5.01. The highest BCUT2D eigenvalue weighted by Crippen LogP contribution is 2.42. The molecule has 0 saturated heterocycles. The van der Waals surface area contributed by atoms with E-state index in [2.05, 4.69) is 31.9 Å². The van der Waals surface area contributed by atoms with E-state index in [1.165, 1.54) is 57.7 Å². The van der Waals surface area contributed by atoms with Crippen molar-refractivity contribution in [2.75, 3.05) is 13.1 Å². The maximum atomic E-state index is 3.69. The number of hydrogen-bond donors (Lipinski definition) is 1. The van der Waals surface area contributed by atoms with Crippen molar-refractivity contribution in [3.63, 3.8) is 0 Å². The Hall–Kier alpha value is 0.177. The molecule has 1 aliphatic carbocycles. The Morgan fingerprint density at radius 2 is 1.69 bits per heavy atom. The first-order valence-electron chi connectivity index (χ1n) is 7.18. The second-order valence-corrected chi connectivity index (χ2v) is 12.4. The second-order valence-electron chi connectivity index (χ2n) is 6.97. The third-order valence-electron chi connectivity index (χ3n) is 3.75. The van der Waals surface area contributed by atoms with Crippen LogP contribution in [0.15, 0.2) is 0 Å². The van der Waals surface area contributed by atoms with Crippen molar-refractivity contribution in [1.29, 1.82) is 0 Å². The molecule has 0 radical (unpaired) electrons. The van der Waals surface area contributed by atoms with Crippen LogP contribution in [0.2, 0.25) is 25.7 Å². The van der Waals surface area contributed by atoms with Gasteiger partial charge in [0.15, 0.2) is 0 Å². The van der Waals surface area contributed by atoms with Crippen LogP contribution in [0.4, 0.5) is 0 Å². The largest absolute Gasteiger partial charge is 0.316 e. The van der Waals surface area contributed by atoms with Gasteiger partial charge in [-0.05, 0) is 31.2 Å². The highest BCUT2D eigenvalue weighted by molar-refractivity contribution is 6.76. The first-order chi connectivity index (χ1) is 7.47. The Balaban J connectivity index is 2.53. The van der Waals surface area contributed by atoms with E-state index in [-0.39, 0.29) is 0 Å². The number of hydrogen-bond acceptors (Lipinski definition) is 1. The van der Waals surface area contributed by atoms with Gasteiger partial charge in [0.25, 0.3) is 0 Å². The standard InChI is InChI=1S/C14H31NSi/c1-5-11-15-12-14(13-16(2,3)4)9-7-6-8-10-14/h15H,5-13H2,1-4H3. The van der Waals surface area contributed by atoms with Gasteiger partial charge in [0, 0.05) is 14.6 Å². The SMILES string of the molecule is CCCNCC1(C[Si](C)(C)C)CCCCC1. The molecule has 0 unspecified atom stereocenters. The van der Waals surface area contributed by atoms with Crippen molar-refractivity contribution < 1.29 is 0 Å². The fourth-order valence-electron chi connectivity index (χ4n) is 3.37. The molecule has 0 spiro atoms. The van der Waals surface area contributed by atoms with Crippen molar-refractivity contribution in [3.05, 3.63) is 0 Å². The molecule has 1 aliphatic rings. The first kappa shape index (κ1) is 14.2. The normalized spacial score (nSPS) is 21.0. The van der Waals surface area contributed by atoms with Crippen LogP contribution in [-0.2, 0) is 0 Å². The minimum atomic E-state index is -0.917. The van der Waals surface area contributed by atoms with Crippen molar-refractivity contribution >= 4 is 8.07 Å². The number of rotatable bonds is 6. The molecule has 1 nitrogen and oxygen atoms in total. The molecule has 2 heteroatoms. The molecule has 0 atom stereocenters. The Bertz CT molecular complexity index is 189. The molecule has 16 heavy (non-hydrogen) atoms. The molecule has 0 bridgehead atoms. The molecule has 0 amide bonds. The zero-order valence-electron chi connectivity index (χ0n) is 11.9. The molecule has 0 aliphatic heterocycles. The van der Waals surface area contributed by atoms with Crippen LogP contribution < -0.4 is 5.32 Å². The molecule has 96 valence electrons. The quantitative estimate of drug-likeness (QED) is 0.541. The summed E-state index contributed by atoms with van der Waals surface area (Å²) in [6, 6.07) is 1.52. The molecule has 1 fully saturated rings. The maximum absolute atomic E-state index is 3.69. The molecular weight excluding hydrogens is 210 g/mol. The van der Waals surface area contributed by atoms with Crippen LogP contribution in [-0.4, -0.2) is 21.2 Å². The lowest BCUT2D eigenvalue weighted by molar-refractivity contribution is 0.206. The molecule has 0 aromatic carbocycles. The molecule has 1 saturated carbocycles. The molecule has 1 N–H and O–H groups in total. The van der Waals surface area contributed by atoms with Crippen molar-refractivity contribution in [3.8, 4) is 0 Å². The van der Waals surface area contributed by atoms with E-state index in [1.807, 2.05) is 0 Å². The van der Waals surface area contributed by atoms with Gasteiger partial charge in [-0.3, -0.25) is 0 Å². The molecular formula is C14H31NSi. The first-order valence-corrected chi connectivity index (χ1v) is 10.9. The van der Waals surface area contributed by atoms with E-state index in [9.17, 15) is 0 Å². The van der Waals surface area contributed by atoms with Gasteiger partial charge < -0.3 is 5.32 Å². The lowest BCUT2D eigenvalue weighted by Crippen LogP contribution is -2.41. The zero-order chi connectivity index (χ0) is 12.1. The molecule has 0 heterocycles. The van der Waals surface area contributed by atoms with Crippen molar-refractivity contribution in [1.82, 2.24) is 5.32 Å². The van der Waals surface area contributed by atoms with Gasteiger partial charge in [-0.1, -0.05) is 51.9 Å². The van der Waals surface area contributed by atoms with Gasteiger partial charge in [-0.2, -0.15) is 0 Å². The van der Waals surface area contributed by atoms with Crippen molar-refractivity contribution in [2.45, 2.75) is 71.1 Å². The van der Waals surface area contributed by atoms with Crippen LogP contribution >= 0.6 is 0 Å².